The summed E-state index contributed by atoms with van der Waals surface area (Å²) in [6.45, 7) is 9.50. The van der Waals surface area contributed by atoms with Crippen LogP contribution in [0.4, 0.5) is 9.18 Å². The summed E-state index contributed by atoms with van der Waals surface area (Å²) >= 11 is 0. The van der Waals surface area contributed by atoms with Crippen molar-refractivity contribution in [3.8, 4) is 11.5 Å². The number of phenols is 2. The molecule has 0 aliphatic rings. The molecule has 1 aromatic rings. The van der Waals surface area contributed by atoms with Crippen LogP contribution in [0.5, 0.6) is 11.5 Å². The van der Waals surface area contributed by atoms with Crippen molar-refractivity contribution in [1.29, 1.82) is 0 Å². The number of benzene rings is 1. The van der Waals surface area contributed by atoms with Crippen molar-refractivity contribution in [2.75, 3.05) is 7.11 Å². The molecule has 9 nitrogen and oxygen atoms in total. The molecule has 1 rings (SSSR count). The molecule has 0 fully saturated rings. The molecule has 1 atom stereocenters. The topological polar surface area (TPSA) is 131 Å². The van der Waals surface area contributed by atoms with Gasteiger partial charge in [-0.2, -0.15) is 0 Å². The number of carbonyl (C=O) groups excluding carboxylic acids is 3. The number of hydrogen-bond acceptors (Lipinski definition) is 8. The summed E-state index contributed by atoms with van der Waals surface area (Å²) in [5, 5.41) is 22.2. The summed E-state index contributed by atoms with van der Waals surface area (Å²) in [5.74, 6) is -4.95. The standard InChI is InChI=1S/C20H28FNO8/c1-19(2,3)29-17(26)14-10(11(21)9-13(23)15(14)24)8-12(16(25)28-7)22-18(27)30-20(4,5)6/h9,12,23-24H,8H2,1-7H3,(H,22,27). The largest absolute Gasteiger partial charge is 0.504 e. The summed E-state index contributed by atoms with van der Waals surface area (Å²) in [4.78, 5) is 36.8. The van der Waals surface area contributed by atoms with Crippen LogP contribution in [0.3, 0.4) is 0 Å². The molecule has 30 heavy (non-hydrogen) atoms. The maximum Gasteiger partial charge on any atom is 0.408 e. The molecule has 0 aromatic heterocycles. The third-order valence-corrected chi connectivity index (χ3v) is 3.52. The van der Waals surface area contributed by atoms with E-state index in [-0.39, 0.29) is 0 Å². The van der Waals surface area contributed by atoms with Crippen molar-refractivity contribution in [3.05, 3.63) is 23.0 Å². The van der Waals surface area contributed by atoms with Crippen molar-refractivity contribution < 1.29 is 43.2 Å². The van der Waals surface area contributed by atoms with E-state index >= 15 is 0 Å². The molecule has 168 valence electrons. The zero-order chi connectivity index (χ0) is 23.4. The average Bonchev–Trinajstić information content (AvgIpc) is 2.54. The molecule has 0 saturated heterocycles. The Balaban J connectivity index is 3.38. The van der Waals surface area contributed by atoms with E-state index in [1.165, 1.54) is 0 Å². The first-order chi connectivity index (χ1) is 13.6. The third-order valence-electron chi connectivity index (χ3n) is 3.52. The fourth-order valence-corrected chi connectivity index (χ4v) is 2.40. The Labute approximate surface area is 174 Å². The van der Waals surface area contributed by atoms with Crippen LogP contribution >= 0.6 is 0 Å². The number of amides is 1. The lowest BCUT2D eigenvalue weighted by atomic mass is 9.97. The number of ether oxygens (including phenoxy) is 3. The average molecular weight is 429 g/mol. The minimum atomic E-state index is -1.45. The zero-order valence-electron chi connectivity index (χ0n) is 18.1. The van der Waals surface area contributed by atoms with Gasteiger partial charge in [0.2, 0.25) is 0 Å². The first-order valence-corrected chi connectivity index (χ1v) is 9.09. The Bertz CT molecular complexity index is 824. The van der Waals surface area contributed by atoms with Crippen molar-refractivity contribution in [3.63, 3.8) is 0 Å². The minimum absolute atomic E-state index is 0.453. The quantitative estimate of drug-likeness (QED) is 0.370. The van der Waals surface area contributed by atoms with Crippen molar-refractivity contribution in [2.24, 2.45) is 0 Å². The molecule has 0 aliphatic carbocycles. The maximum absolute atomic E-state index is 14.6. The van der Waals surface area contributed by atoms with Gasteiger partial charge in [0.25, 0.3) is 0 Å². The summed E-state index contributed by atoms with van der Waals surface area (Å²) in [5.41, 5.74) is -2.97. The third kappa shape index (κ3) is 7.09. The predicted molar refractivity (Wildman–Crippen MR) is 104 cm³/mol. The second-order valence-corrected chi connectivity index (χ2v) is 8.51. The molecule has 1 unspecified atom stereocenters. The molecule has 0 spiro atoms. The van der Waals surface area contributed by atoms with Crippen LogP contribution in [0.25, 0.3) is 0 Å². The SMILES string of the molecule is COC(=O)C(Cc1c(F)cc(O)c(O)c1C(=O)OC(C)(C)C)NC(=O)OC(C)(C)C. The van der Waals surface area contributed by atoms with E-state index in [0.717, 1.165) is 7.11 Å². The van der Waals surface area contributed by atoms with Crippen LogP contribution in [0.1, 0.15) is 57.5 Å². The van der Waals surface area contributed by atoms with Gasteiger partial charge < -0.3 is 29.7 Å². The van der Waals surface area contributed by atoms with Gasteiger partial charge in [0.15, 0.2) is 11.5 Å². The van der Waals surface area contributed by atoms with Crippen LogP contribution in [-0.4, -0.2) is 52.6 Å². The molecule has 0 aliphatic heterocycles. The van der Waals surface area contributed by atoms with Gasteiger partial charge in [-0.3, -0.25) is 0 Å². The fourth-order valence-electron chi connectivity index (χ4n) is 2.40. The highest BCUT2D eigenvalue weighted by atomic mass is 19.1. The fraction of sp³-hybridized carbons (Fsp3) is 0.550. The van der Waals surface area contributed by atoms with E-state index in [4.69, 9.17) is 9.47 Å². The lowest BCUT2D eigenvalue weighted by Gasteiger charge is -2.24. The second-order valence-electron chi connectivity index (χ2n) is 8.51. The molecule has 0 heterocycles. The van der Waals surface area contributed by atoms with Gasteiger partial charge in [0, 0.05) is 18.1 Å². The van der Waals surface area contributed by atoms with Crippen LogP contribution in [0, 0.1) is 5.82 Å². The van der Waals surface area contributed by atoms with Gasteiger partial charge in [-0.1, -0.05) is 0 Å². The lowest BCUT2D eigenvalue weighted by molar-refractivity contribution is -0.143. The van der Waals surface area contributed by atoms with E-state index in [1.54, 1.807) is 41.5 Å². The summed E-state index contributed by atoms with van der Waals surface area (Å²) in [6, 6.07) is -0.871. The Hall–Kier alpha value is -3.04. The Morgan fingerprint density at radius 3 is 2.07 bits per heavy atom. The van der Waals surface area contributed by atoms with Crippen LogP contribution in [0.2, 0.25) is 0 Å². The van der Waals surface area contributed by atoms with E-state index in [1.807, 2.05) is 0 Å². The normalized spacial score (nSPS) is 12.7. The lowest BCUT2D eigenvalue weighted by Crippen LogP contribution is -2.45. The maximum atomic E-state index is 14.6. The summed E-state index contributed by atoms with van der Waals surface area (Å²) < 4.78 is 29.5. The van der Waals surface area contributed by atoms with Crippen molar-refractivity contribution in [2.45, 2.75) is 65.2 Å². The molecule has 3 N–H and O–H groups in total. The van der Waals surface area contributed by atoms with Gasteiger partial charge >= 0.3 is 18.0 Å². The van der Waals surface area contributed by atoms with Crippen LogP contribution < -0.4 is 5.32 Å². The molecule has 0 radical (unpaired) electrons. The number of phenolic OH excluding ortho intramolecular Hbond substituents is 2. The summed E-state index contributed by atoms with van der Waals surface area (Å²) in [7, 11) is 1.06. The number of carbonyl (C=O) groups is 3. The Morgan fingerprint density at radius 1 is 1.07 bits per heavy atom. The minimum Gasteiger partial charge on any atom is -0.504 e. The van der Waals surface area contributed by atoms with Gasteiger partial charge in [-0.05, 0) is 41.5 Å². The number of alkyl carbamates (subject to hydrolysis) is 1. The van der Waals surface area contributed by atoms with Gasteiger partial charge in [-0.15, -0.1) is 0 Å². The highest BCUT2D eigenvalue weighted by Crippen LogP contribution is 2.35. The zero-order valence-corrected chi connectivity index (χ0v) is 18.1. The number of halogens is 1. The first kappa shape index (κ1) is 25.0. The van der Waals surface area contributed by atoms with Crippen molar-refractivity contribution >= 4 is 18.0 Å². The monoisotopic (exact) mass is 429 g/mol. The Morgan fingerprint density at radius 2 is 1.60 bits per heavy atom. The van der Waals surface area contributed by atoms with Gasteiger partial charge in [-0.25, -0.2) is 18.8 Å². The number of methoxy groups -OCH3 is 1. The summed E-state index contributed by atoms with van der Waals surface area (Å²) in [6.07, 6.45) is -1.56. The second kappa shape index (κ2) is 9.19. The van der Waals surface area contributed by atoms with Crippen molar-refractivity contribution in [1.82, 2.24) is 5.32 Å². The molecule has 0 bridgehead atoms. The van der Waals surface area contributed by atoms with Crippen LogP contribution in [0.15, 0.2) is 6.07 Å². The van der Waals surface area contributed by atoms with E-state index in [0.29, 0.717) is 6.07 Å². The number of esters is 2. The molecular weight excluding hydrogens is 401 g/mol. The van der Waals surface area contributed by atoms with E-state index in [2.05, 4.69) is 10.1 Å². The molecule has 10 heteroatoms. The smallest absolute Gasteiger partial charge is 0.408 e. The number of rotatable bonds is 5. The number of aromatic hydroxyl groups is 2. The first-order valence-electron chi connectivity index (χ1n) is 9.09. The highest BCUT2D eigenvalue weighted by Gasteiger charge is 2.32. The number of nitrogens with one attached hydrogen (secondary N) is 1. The Kier molecular flexibility index (Phi) is 7.65. The molecular formula is C20H28FNO8. The van der Waals surface area contributed by atoms with Gasteiger partial charge in [0.1, 0.15) is 28.6 Å². The number of hydrogen-bond donors (Lipinski definition) is 3. The predicted octanol–water partition coefficient (Wildman–Crippen LogP) is 2.80. The molecule has 0 saturated carbocycles. The van der Waals surface area contributed by atoms with Crippen LogP contribution in [-0.2, 0) is 25.4 Å². The van der Waals surface area contributed by atoms with E-state index in [9.17, 15) is 29.0 Å². The molecule has 1 amide bonds. The molecule has 1 aromatic carbocycles. The highest BCUT2D eigenvalue weighted by molar-refractivity contribution is 5.96. The van der Waals surface area contributed by atoms with Gasteiger partial charge in [0.05, 0.1) is 7.11 Å². The van der Waals surface area contributed by atoms with E-state index < -0.39 is 70.1 Å².